The Morgan fingerprint density at radius 2 is 1.57 bits per heavy atom. The Labute approximate surface area is 416 Å². The van der Waals surface area contributed by atoms with Crippen molar-refractivity contribution in [3.05, 3.63) is 113 Å². The number of aliphatic hydroxyl groups excluding tert-OH is 1. The SMILES string of the molecule is Cc1ncsc1-c1ccc(C(C)NC(=O)C2CC(O)CN2C(=O)C(NC(=O)CCCCCNC(=O)c2ccc(C(=O)N3CCC(CCCCNC(=O)C=Cc4cccnc4)CC3)cc2)C(C)(C)C)cc1. The van der Waals surface area contributed by atoms with E-state index in [4.69, 9.17) is 0 Å². The molecule has 2 aliphatic heterocycles. The lowest BCUT2D eigenvalue weighted by molar-refractivity contribution is -0.144. The number of carbonyl (C=O) groups is 6. The topological polar surface area (TPSA) is 203 Å². The highest BCUT2D eigenvalue weighted by molar-refractivity contribution is 7.13. The van der Waals surface area contributed by atoms with Gasteiger partial charge in [-0.25, -0.2) is 4.98 Å². The highest BCUT2D eigenvalue weighted by atomic mass is 32.1. The van der Waals surface area contributed by atoms with Gasteiger partial charge in [-0.2, -0.15) is 0 Å². The number of likely N-dealkylation sites (tertiary alicyclic amines) is 2. The van der Waals surface area contributed by atoms with Gasteiger partial charge in [-0.15, -0.1) is 11.3 Å². The lowest BCUT2D eigenvalue weighted by Gasteiger charge is -2.35. The number of pyridine rings is 1. The molecule has 0 spiro atoms. The van der Waals surface area contributed by atoms with E-state index in [1.165, 1.54) is 11.0 Å². The van der Waals surface area contributed by atoms with Gasteiger partial charge in [0.15, 0.2) is 0 Å². The Bertz CT molecular complexity index is 2410. The number of aliphatic hydroxyl groups is 1. The first kappa shape index (κ1) is 53.1. The largest absolute Gasteiger partial charge is 0.391 e. The molecule has 4 aromatic rings. The van der Waals surface area contributed by atoms with Gasteiger partial charge in [0.25, 0.3) is 11.8 Å². The molecule has 16 heteroatoms. The molecule has 6 amide bonds. The van der Waals surface area contributed by atoms with Gasteiger partial charge in [-0.05, 0) is 110 Å². The van der Waals surface area contributed by atoms with Crippen LogP contribution in [0.5, 0.6) is 0 Å². The van der Waals surface area contributed by atoms with Crippen molar-refractivity contribution in [2.24, 2.45) is 11.3 Å². The maximum absolute atomic E-state index is 14.1. The van der Waals surface area contributed by atoms with Gasteiger partial charge in [-0.1, -0.05) is 70.4 Å². The lowest BCUT2D eigenvalue weighted by atomic mass is 9.85. The summed E-state index contributed by atoms with van der Waals surface area (Å²) in [6.07, 6.45) is 12.8. The molecule has 0 saturated carbocycles. The Hall–Kier alpha value is -6.26. The standard InChI is InChI=1S/C54H70N8O7S/c1-36(40-16-18-41(19-17-40)48-37(2)58-35-70-48)59-51(67)45-32-44(63)34-62(45)53(69)49(54(3,4)5)60-47(65)14-7-6-9-29-57-50(66)42-20-22-43(23-21-42)52(68)61-30-25-38(26-31-61)12-8-10-28-56-46(64)24-15-39-13-11-27-55-33-39/h11,13,15-24,27,33,35-36,38,44-45,49,63H,6-10,12,14,25-26,28-32,34H2,1-5H3,(H,56,64)(H,57,66)(H,59,67)(H,60,65). The molecule has 0 radical (unpaired) electrons. The van der Waals surface area contributed by atoms with Crippen molar-refractivity contribution in [1.82, 2.24) is 41.0 Å². The summed E-state index contributed by atoms with van der Waals surface area (Å²) in [6.45, 7) is 11.8. The number of nitrogens with zero attached hydrogens (tertiary/aromatic N) is 4. The van der Waals surface area contributed by atoms with Gasteiger partial charge in [0.2, 0.25) is 23.6 Å². The van der Waals surface area contributed by atoms with Crippen molar-refractivity contribution in [1.29, 1.82) is 0 Å². The van der Waals surface area contributed by atoms with Gasteiger partial charge < -0.3 is 36.2 Å². The maximum atomic E-state index is 14.1. The number of hydrogen-bond acceptors (Lipinski definition) is 10. The van der Waals surface area contributed by atoms with Crippen molar-refractivity contribution < 1.29 is 33.9 Å². The van der Waals surface area contributed by atoms with E-state index >= 15 is 0 Å². The van der Waals surface area contributed by atoms with Crippen LogP contribution in [-0.4, -0.2) is 111 Å². The van der Waals surface area contributed by atoms with Crippen LogP contribution in [-0.2, 0) is 19.2 Å². The molecule has 374 valence electrons. The summed E-state index contributed by atoms with van der Waals surface area (Å²) in [4.78, 5) is 92.0. The van der Waals surface area contributed by atoms with E-state index in [1.807, 2.05) is 81.4 Å². The summed E-state index contributed by atoms with van der Waals surface area (Å²) in [5.74, 6) is -0.918. The molecule has 2 aliphatic rings. The van der Waals surface area contributed by atoms with Gasteiger partial charge in [0, 0.05) is 75.2 Å². The fraction of sp³-hybridized carbons (Fsp3) is 0.481. The molecular formula is C54H70N8O7S. The third kappa shape index (κ3) is 15.4. The molecule has 2 aromatic heterocycles. The van der Waals surface area contributed by atoms with Crippen LogP contribution in [0.2, 0.25) is 0 Å². The monoisotopic (exact) mass is 975 g/mol. The number of hydrogen-bond donors (Lipinski definition) is 5. The van der Waals surface area contributed by atoms with Crippen molar-refractivity contribution in [3.8, 4) is 10.4 Å². The third-order valence-electron chi connectivity index (χ3n) is 13.2. The minimum Gasteiger partial charge on any atom is -0.391 e. The van der Waals surface area contributed by atoms with E-state index in [9.17, 15) is 33.9 Å². The first-order valence-corrected chi connectivity index (χ1v) is 25.6. The molecule has 70 heavy (non-hydrogen) atoms. The van der Waals surface area contributed by atoms with Crippen molar-refractivity contribution in [2.75, 3.05) is 32.7 Å². The molecule has 4 heterocycles. The van der Waals surface area contributed by atoms with Crippen molar-refractivity contribution in [3.63, 3.8) is 0 Å². The molecule has 15 nitrogen and oxygen atoms in total. The highest BCUT2D eigenvalue weighted by Crippen LogP contribution is 2.30. The average Bonchev–Trinajstić information content (AvgIpc) is 3.98. The number of piperidine rings is 1. The normalized spacial score (nSPS) is 17.2. The Morgan fingerprint density at radius 1 is 0.871 bits per heavy atom. The third-order valence-corrected chi connectivity index (χ3v) is 14.1. The highest BCUT2D eigenvalue weighted by Gasteiger charge is 2.44. The van der Waals surface area contributed by atoms with Crippen LogP contribution in [0.15, 0.2) is 84.6 Å². The molecule has 2 saturated heterocycles. The Kier molecular flexibility index (Phi) is 19.4. The second-order valence-electron chi connectivity index (χ2n) is 19.7. The van der Waals surface area contributed by atoms with Crippen molar-refractivity contribution in [2.45, 2.75) is 123 Å². The molecule has 2 aromatic carbocycles. The molecule has 6 rings (SSSR count). The molecule has 0 bridgehead atoms. The second-order valence-corrected chi connectivity index (χ2v) is 20.5. The first-order chi connectivity index (χ1) is 33.6. The van der Waals surface area contributed by atoms with Crippen LogP contribution in [0.4, 0.5) is 0 Å². The summed E-state index contributed by atoms with van der Waals surface area (Å²) in [7, 11) is 0. The maximum Gasteiger partial charge on any atom is 0.253 e. The molecule has 2 fully saturated rings. The van der Waals surface area contributed by atoms with E-state index in [2.05, 4.69) is 31.2 Å². The second kappa shape index (κ2) is 25.6. The number of unbranched alkanes of at least 4 members (excludes halogenated alkanes) is 3. The molecule has 5 N–H and O–H groups in total. The van der Waals surface area contributed by atoms with Gasteiger partial charge in [0.1, 0.15) is 12.1 Å². The minimum atomic E-state index is -0.920. The fourth-order valence-electron chi connectivity index (χ4n) is 8.99. The van der Waals surface area contributed by atoms with Crippen LogP contribution < -0.4 is 21.3 Å². The van der Waals surface area contributed by atoms with Crippen molar-refractivity contribution >= 4 is 52.9 Å². The number of carbonyl (C=O) groups excluding carboxylic acids is 6. The van der Waals surface area contributed by atoms with E-state index < -0.39 is 29.5 Å². The summed E-state index contributed by atoms with van der Waals surface area (Å²) in [5, 5.41) is 22.5. The molecule has 4 atom stereocenters. The number of thiazole rings is 1. The first-order valence-electron chi connectivity index (χ1n) is 24.7. The zero-order valence-electron chi connectivity index (χ0n) is 41.2. The molecule has 0 aliphatic carbocycles. The van der Waals surface area contributed by atoms with Gasteiger partial charge >= 0.3 is 0 Å². The van der Waals surface area contributed by atoms with E-state index in [-0.39, 0.29) is 55.0 Å². The van der Waals surface area contributed by atoms with E-state index in [0.29, 0.717) is 62.5 Å². The predicted octanol–water partition coefficient (Wildman–Crippen LogP) is 7.03. The summed E-state index contributed by atoms with van der Waals surface area (Å²) in [5.41, 5.74) is 5.93. The fourth-order valence-corrected chi connectivity index (χ4v) is 9.80. The lowest BCUT2D eigenvalue weighted by Crippen LogP contribution is -2.57. The Morgan fingerprint density at radius 3 is 2.24 bits per heavy atom. The van der Waals surface area contributed by atoms with Crippen LogP contribution in [0.3, 0.4) is 0 Å². The summed E-state index contributed by atoms with van der Waals surface area (Å²) >= 11 is 1.57. The zero-order chi connectivity index (χ0) is 50.2. The van der Waals surface area contributed by atoms with E-state index in [1.54, 1.807) is 54.1 Å². The number of aromatic nitrogens is 2. The number of benzene rings is 2. The average molecular weight is 975 g/mol. The number of rotatable bonds is 21. The zero-order valence-corrected chi connectivity index (χ0v) is 42.1. The predicted molar refractivity (Wildman–Crippen MR) is 272 cm³/mol. The number of amides is 6. The smallest absolute Gasteiger partial charge is 0.253 e. The summed E-state index contributed by atoms with van der Waals surface area (Å²) in [6, 6.07) is 16.2. The van der Waals surface area contributed by atoms with Crippen LogP contribution >= 0.6 is 11.3 Å². The van der Waals surface area contributed by atoms with Crippen LogP contribution in [0, 0.1) is 18.3 Å². The van der Waals surface area contributed by atoms with Gasteiger partial charge in [-0.3, -0.25) is 33.8 Å². The quantitative estimate of drug-likeness (QED) is 0.0429. The van der Waals surface area contributed by atoms with Crippen LogP contribution in [0.1, 0.15) is 135 Å². The van der Waals surface area contributed by atoms with Crippen LogP contribution in [0.25, 0.3) is 16.5 Å². The summed E-state index contributed by atoms with van der Waals surface area (Å²) < 4.78 is 0. The number of aryl methyl sites for hydroxylation is 1. The number of nitrogens with one attached hydrogen (secondary N) is 4. The molecule has 4 unspecified atom stereocenters. The Balaban J connectivity index is 0.853. The molecular weight excluding hydrogens is 905 g/mol. The minimum absolute atomic E-state index is 0.00913. The van der Waals surface area contributed by atoms with E-state index in [0.717, 1.165) is 59.4 Å². The van der Waals surface area contributed by atoms with Gasteiger partial charge in [0.05, 0.1) is 28.2 Å². The number of β-amino-alcohol motifs (C(OH)–C–C–N with tert-alkyl or cyclic N) is 1.